The molecule has 2 aromatic carbocycles. The molecule has 0 atom stereocenters. The van der Waals surface area contributed by atoms with Gasteiger partial charge in [-0.05, 0) is 37.1 Å². The first kappa shape index (κ1) is 15.6. The molecule has 0 saturated heterocycles. The van der Waals surface area contributed by atoms with Gasteiger partial charge < -0.3 is 15.7 Å². The zero-order chi connectivity index (χ0) is 16.1. The number of amides is 2. The molecule has 114 valence electrons. The maximum atomic E-state index is 11.8. The molecule has 0 heterocycles. The van der Waals surface area contributed by atoms with E-state index in [1.54, 1.807) is 12.1 Å². The van der Waals surface area contributed by atoms with Gasteiger partial charge in [0.15, 0.2) is 0 Å². The molecule has 0 radical (unpaired) electrons. The third kappa shape index (κ3) is 4.09. The number of aromatic hydroxyl groups is 1. The van der Waals surface area contributed by atoms with Crippen LogP contribution < -0.4 is 10.6 Å². The molecule has 0 aliphatic carbocycles. The van der Waals surface area contributed by atoms with Crippen LogP contribution in [-0.4, -0.2) is 16.9 Å². The van der Waals surface area contributed by atoms with Gasteiger partial charge >= 0.3 is 11.8 Å². The Balaban J connectivity index is 1.92. The summed E-state index contributed by atoms with van der Waals surface area (Å²) in [5.74, 6) is -1.63. The Morgan fingerprint density at radius 2 is 1.59 bits per heavy atom. The number of anilines is 1. The molecule has 0 fully saturated rings. The fourth-order valence-corrected chi connectivity index (χ4v) is 1.90. The van der Waals surface area contributed by atoms with Crippen molar-refractivity contribution in [1.29, 1.82) is 0 Å². The predicted octanol–water partition coefficient (Wildman–Crippen LogP) is 2.26. The van der Waals surface area contributed by atoms with E-state index >= 15 is 0 Å². The number of hydrogen-bond acceptors (Lipinski definition) is 3. The number of phenols is 1. The second-order valence-electron chi connectivity index (χ2n) is 5.14. The van der Waals surface area contributed by atoms with Gasteiger partial charge in [0.05, 0.1) is 5.69 Å². The topological polar surface area (TPSA) is 78.4 Å². The van der Waals surface area contributed by atoms with Crippen molar-refractivity contribution in [3.05, 3.63) is 59.2 Å². The van der Waals surface area contributed by atoms with Crippen LogP contribution in [0.15, 0.2) is 42.5 Å². The Kier molecular flexibility index (Phi) is 4.78. The monoisotopic (exact) mass is 298 g/mol. The highest BCUT2D eigenvalue weighted by Crippen LogP contribution is 2.23. The number of carbonyl (C=O) groups excluding carboxylic acids is 2. The summed E-state index contributed by atoms with van der Waals surface area (Å²) in [5, 5.41) is 14.6. The van der Waals surface area contributed by atoms with Gasteiger partial charge in [0.2, 0.25) is 0 Å². The summed E-state index contributed by atoms with van der Waals surface area (Å²) in [7, 11) is 0. The Hall–Kier alpha value is -2.82. The summed E-state index contributed by atoms with van der Waals surface area (Å²) < 4.78 is 0. The Morgan fingerprint density at radius 3 is 2.23 bits per heavy atom. The minimum Gasteiger partial charge on any atom is -0.506 e. The van der Waals surface area contributed by atoms with Gasteiger partial charge in [0.25, 0.3) is 0 Å². The van der Waals surface area contributed by atoms with Crippen LogP contribution in [0.1, 0.15) is 16.7 Å². The zero-order valence-electron chi connectivity index (χ0n) is 12.5. The van der Waals surface area contributed by atoms with Crippen LogP contribution in [0.4, 0.5) is 5.69 Å². The van der Waals surface area contributed by atoms with Crippen LogP contribution in [0.25, 0.3) is 0 Å². The third-order valence-electron chi connectivity index (χ3n) is 3.18. The zero-order valence-corrected chi connectivity index (χ0v) is 12.5. The lowest BCUT2D eigenvalue weighted by Gasteiger charge is -2.08. The van der Waals surface area contributed by atoms with Crippen LogP contribution >= 0.6 is 0 Å². The lowest BCUT2D eigenvalue weighted by molar-refractivity contribution is -0.136. The second kappa shape index (κ2) is 6.76. The maximum absolute atomic E-state index is 11.8. The average molecular weight is 298 g/mol. The summed E-state index contributed by atoms with van der Waals surface area (Å²) in [4.78, 5) is 23.6. The Bertz CT molecular complexity index is 694. The Labute approximate surface area is 129 Å². The quantitative estimate of drug-likeness (QED) is 0.601. The summed E-state index contributed by atoms with van der Waals surface area (Å²) in [6, 6.07) is 12.5. The van der Waals surface area contributed by atoms with E-state index in [-0.39, 0.29) is 18.0 Å². The van der Waals surface area contributed by atoms with E-state index in [9.17, 15) is 14.7 Å². The van der Waals surface area contributed by atoms with E-state index in [1.165, 1.54) is 6.07 Å². The summed E-state index contributed by atoms with van der Waals surface area (Å²) in [6.07, 6.45) is 0. The number of carbonyl (C=O) groups is 2. The van der Waals surface area contributed by atoms with E-state index in [2.05, 4.69) is 10.6 Å². The minimum atomic E-state index is -0.814. The first-order valence-corrected chi connectivity index (χ1v) is 6.90. The van der Waals surface area contributed by atoms with E-state index in [4.69, 9.17) is 0 Å². The van der Waals surface area contributed by atoms with Gasteiger partial charge in [-0.15, -0.1) is 0 Å². The van der Waals surface area contributed by atoms with Crippen molar-refractivity contribution in [2.75, 3.05) is 5.32 Å². The predicted molar refractivity (Wildman–Crippen MR) is 84.5 cm³/mol. The van der Waals surface area contributed by atoms with Crippen LogP contribution in [0.2, 0.25) is 0 Å². The van der Waals surface area contributed by atoms with Gasteiger partial charge in [0.1, 0.15) is 5.75 Å². The number of benzene rings is 2. The van der Waals surface area contributed by atoms with E-state index in [0.29, 0.717) is 0 Å². The second-order valence-corrected chi connectivity index (χ2v) is 5.14. The van der Waals surface area contributed by atoms with Gasteiger partial charge in [0, 0.05) is 6.54 Å². The number of phenolic OH excluding ortho intramolecular Hbond substituents is 1. The normalized spacial score (nSPS) is 10.1. The molecule has 0 saturated carbocycles. The fourth-order valence-electron chi connectivity index (χ4n) is 1.90. The first-order chi connectivity index (χ1) is 10.5. The first-order valence-electron chi connectivity index (χ1n) is 6.90. The number of aryl methyl sites for hydroxylation is 2. The van der Waals surface area contributed by atoms with Crippen molar-refractivity contribution in [3.63, 3.8) is 0 Å². The third-order valence-corrected chi connectivity index (χ3v) is 3.18. The summed E-state index contributed by atoms with van der Waals surface area (Å²) in [6.45, 7) is 4.07. The largest absolute Gasteiger partial charge is 0.506 e. The lowest BCUT2D eigenvalue weighted by Crippen LogP contribution is -2.34. The van der Waals surface area contributed by atoms with Crippen molar-refractivity contribution in [2.24, 2.45) is 0 Å². The SMILES string of the molecule is Cc1ccc(CNC(=O)C(=O)Nc2ccc(C)cc2O)cc1. The van der Waals surface area contributed by atoms with E-state index < -0.39 is 11.8 Å². The molecule has 5 nitrogen and oxygen atoms in total. The summed E-state index contributed by atoms with van der Waals surface area (Å²) in [5.41, 5.74) is 3.10. The maximum Gasteiger partial charge on any atom is 0.313 e. The van der Waals surface area contributed by atoms with Gasteiger partial charge in [-0.3, -0.25) is 9.59 Å². The summed E-state index contributed by atoms with van der Waals surface area (Å²) >= 11 is 0. The molecule has 2 aromatic rings. The van der Waals surface area contributed by atoms with Crippen molar-refractivity contribution < 1.29 is 14.7 Å². The molecule has 2 rings (SSSR count). The number of hydrogen-bond donors (Lipinski definition) is 3. The molecule has 0 aliphatic rings. The van der Waals surface area contributed by atoms with Gasteiger partial charge in [-0.2, -0.15) is 0 Å². The number of rotatable bonds is 3. The van der Waals surface area contributed by atoms with E-state index in [0.717, 1.165) is 16.7 Å². The molecular formula is C17H18N2O3. The Morgan fingerprint density at radius 1 is 0.955 bits per heavy atom. The molecule has 0 unspecified atom stereocenters. The highest BCUT2D eigenvalue weighted by atomic mass is 16.3. The highest BCUT2D eigenvalue weighted by molar-refractivity contribution is 6.39. The van der Waals surface area contributed by atoms with Crippen molar-refractivity contribution in [3.8, 4) is 5.75 Å². The number of nitrogens with one attached hydrogen (secondary N) is 2. The molecular weight excluding hydrogens is 280 g/mol. The molecule has 0 aliphatic heterocycles. The molecule has 0 bridgehead atoms. The van der Waals surface area contributed by atoms with Crippen molar-refractivity contribution in [1.82, 2.24) is 5.32 Å². The standard InChI is InChI=1S/C17H18N2O3/c1-11-3-6-13(7-4-11)10-18-16(21)17(22)19-14-8-5-12(2)9-15(14)20/h3-9,20H,10H2,1-2H3,(H,18,21)(H,19,22). The molecule has 2 amide bonds. The van der Waals surface area contributed by atoms with Crippen molar-refractivity contribution >= 4 is 17.5 Å². The lowest BCUT2D eigenvalue weighted by atomic mass is 10.1. The smallest absolute Gasteiger partial charge is 0.313 e. The highest BCUT2D eigenvalue weighted by Gasteiger charge is 2.15. The van der Waals surface area contributed by atoms with Gasteiger partial charge in [-0.1, -0.05) is 35.9 Å². The van der Waals surface area contributed by atoms with Crippen LogP contribution in [0.3, 0.4) is 0 Å². The van der Waals surface area contributed by atoms with Gasteiger partial charge in [-0.25, -0.2) is 0 Å². The molecule has 3 N–H and O–H groups in total. The molecule has 5 heteroatoms. The van der Waals surface area contributed by atoms with Crippen LogP contribution in [0, 0.1) is 13.8 Å². The molecule has 22 heavy (non-hydrogen) atoms. The van der Waals surface area contributed by atoms with Crippen molar-refractivity contribution in [2.45, 2.75) is 20.4 Å². The van der Waals surface area contributed by atoms with E-state index in [1.807, 2.05) is 38.1 Å². The van der Waals surface area contributed by atoms with Crippen LogP contribution in [0.5, 0.6) is 5.75 Å². The van der Waals surface area contributed by atoms with Crippen LogP contribution in [-0.2, 0) is 16.1 Å². The fraction of sp³-hybridized carbons (Fsp3) is 0.176. The molecule has 0 spiro atoms. The molecule has 0 aromatic heterocycles. The average Bonchev–Trinajstić information content (AvgIpc) is 2.49. The minimum absolute atomic E-state index is 0.0697.